The number of carbonyl (C=O) groups is 1. The first-order chi connectivity index (χ1) is 8.54. The Morgan fingerprint density at radius 1 is 1.56 bits per heavy atom. The number of aromatic nitrogens is 2. The van der Waals surface area contributed by atoms with Gasteiger partial charge in [0.05, 0.1) is 24.9 Å². The lowest BCUT2D eigenvalue weighted by Gasteiger charge is -2.23. The molecule has 1 aromatic heterocycles. The molecular formula is C12H15ClN4O. The van der Waals surface area contributed by atoms with Gasteiger partial charge in [-0.05, 0) is 5.92 Å². The van der Waals surface area contributed by atoms with Gasteiger partial charge in [-0.15, -0.1) is 0 Å². The monoisotopic (exact) mass is 266 g/mol. The summed E-state index contributed by atoms with van der Waals surface area (Å²) >= 11 is 5.71. The maximum Gasteiger partial charge on any atom is 0.274 e. The zero-order chi connectivity index (χ0) is 13.5. The molecule has 0 saturated heterocycles. The molecule has 1 amide bonds. The smallest absolute Gasteiger partial charge is 0.274 e. The SMILES string of the molecule is CC(C)CN(CCC#N)C(=O)c1cncc(Cl)n1. The summed E-state index contributed by atoms with van der Waals surface area (Å²) in [5.41, 5.74) is 0.209. The Labute approximate surface area is 111 Å². The van der Waals surface area contributed by atoms with Crippen LogP contribution in [0.1, 0.15) is 30.8 Å². The molecule has 0 radical (unpaired) electrons. The molecule has 1 aromatic rings. The van der Waals surface area contributed by atoms with Crippen molar-refractivity contribution in [3.63, 3.8) is 0 Å². The molecule has 96 valence electrons. The van der Waals surface area contributed by atoms with E-state index in [1.165, 1.54) is 12.4 Å². The third-order valence-corrected chi connectivity index (χ3v) is 2.37. The molecule has 0 spiro atoms. The van der Waals surface area contributed by atoms with Gasteiger partial charge < -0.3 is 4.90 Å². The molecule has 5 nitrogen and oxygen atoms in total. The summed E-state index contributed by atoms with van der Waals surface area (Å²) in [7, 11) is 0. The first kappa shape index (κ1) is 14.4. The quantitative estimate of drug-likeness (QED) is 0.819. The highest BCUT2D eigenvalue weighted by Gasteiger charge is 2.18. The second kappa shape index (κ2) is 6.92. The number of hydrogen-bond acceptors (Lipinski definition) is 4. The molecule has 6 heteroatoms. The number of nitrogens with zero attached hydrogens (tertiary/aromatic N) is 4. The van der Waals surface area contributed by atoms with Gasteiger partial charge in [-0.25, -0.2) is 4.98 Å². The van der Waals surface area contributed by atoms with E-state index in [-0.39, 0.29) is 16.8 Å². The van der Waals surface area contributed by atoms with Crippen LogP contribution in [0.2, 0.25) is 5.15 Å². The van der Waals surface area contributed by atoms with Crippen LogP contribution in [0.15, 0.2) is 12.4 Å². The van der Waals surface area contributed by atoms with Crippen LogP contribution < -0.4 is 0 Å². The lowest BCUT2D eigenvalue weighted by Crippen LogP contribution is -2.35. The van der Waals surface area contributed by atoms with E-state index in [0.29, 0.717) is 25.4 Å². The fourth-order valence-electron chi connectivity index (χ4n) is 1.51. The van der Waals surface area contributed by atoms with Crippen molar-refractivity contribution in [3.8, 4) is 6.07 Å². The normalized spacial score (nSPS) is 10.2. The summed E-state index contributed by atoms with van der Waals surface area (Å²) in [6.45, 7) is 4.99. The van der Waals surface area contributed by atoms with Crippen molar-refractivity contribution < 1.29 is 4.79 Å². The maximum absolute atomic E-state index is 12.2. The van der Waals surface area contributed by atoms with Crippen molar-refractivity contribution in [2.45, 2.75) is 20.3 Å². The molecule has 0 fully saturated rings. The van der Waals surface area contributed by atoms with Crippen molar-refractivity contribution in [2.75, 3.05) is 13.1 Å². The Kier molecular flexibility index (Phi) is 5.53. The largest absolute Gasteiger partial charge is 0.336 e. The van der Waals surface area contributed by atoms with Gasteiger partial charge in [0.1, 0.15) is 10.8 Å². The Morgan fingerprint density at radius 3 is 2.83 bits per heavy atom. The highest BCUT2D eigenvalue weighted by atomic mass is 35.5. The van der Waals surface area contributed by atoms with Crippen molar-refractivity contribution in [1.82, 2.24) is 14.9 Å². The van der Waals surface area contributed by atoms with Crippen LogP contribution in [0.5, 0.6) is 0 Å². The molecule has 0 bridgehead atoms. The second-order valence-electron chi connectivity index (χ2n) is 4.28. The molecular weight excluding hydrogens is 252 g/mol. The highest BCUT2D eigenvalue weighted by molar-refractivity contribution is 6.29. The predicted octanol–water partition coefficient (Wildman–Crippen LogP) is 2.14. The average Bonchev–Trinajstić information content (AvgIpc) is 2.33. The van der Waals surface area contributed by atoms with Gasteiger partial charge in [-0.3, -0.25) is 9.78 Å². The molecule has 0 N–H and O–H groups in total. The molecule has 0 atom stereocenters. The Hall–Kier alpha value is -1.67. The van der Waals surface area contributed by atoms with Gasteiger partial charge in [0, 0.05) is 13.1 Å². The van der Waals surface area contributed by atoms with E-state index < -0.39 is 0 Å². The molecule has 0 aliphatic carbocycles. The van der Waals surface area contributed by atoms with Gasteiger partial charge >= 0.3 is 0 Å². The van der Waals surface area contributed by atoms with E-state index in [1.807, 2.05) is 19.9 Å². The van der Waals surface area contributed by atoms with Crippen molar-refractivity contribution in [1.29, 1.82) is 5.26 Å². The number of nitriles is 1. The number of halogens is 1. The molecule has 0 aliphatic heterocycles. The molecule has 18 heavy (non-hydrogen) atoms. The highest BCUT2D eigenvalue weighted by Crippen LogP contribution is 2.08. The summed E-state index contributed by atoms with van der Waals surface area (Å²) in [6.07, 6.45) is 3.06. The number of hydrogen-bond donors (Lipinski definition) is 0. The molecule has 0 aliphatic rings. The molecule has 0 aromatic carbocycles. The van der Waals surface area contributed by atoms with E-state index in [1.54, 1.807) is 4.90 Å². The third kappa shape index (κ3) is 4.30. The molecule has 0 unspecified atom stereocenters. The summed E-state index contributed by atoms with van der Waals surface area (Å²) < 4.78 is 0. The van der Waals surface area contributed by atoms with Crippen molar-refractivity contribution in [2.24, 2.45) is 5.92 Å². The van der Waals surface area contributed by atoms with Gasteiger partial charge in [0.15, 0.2) is 0 Å². The van der Waals surface area contributed by atoms with E-state index in [2.05, 4.69) is 9.97 Å². The van der Waals surface area contributed by atoms with Crippen LogP contribution in [-0.4, -0.2) is 33.9 Å². The second-order valence-corrected chi connectivity index (χ2v) is 4.67. The number of carbonyl (C=O) groups excluding carboxylic acids is 1. The topological polar surface area (TPSA) is 69.9 Å². The first-order valence-electron chi connectivity index (χ1n) is 5.68. The van der Waals surface area contributed by atoms with Crippen LogP contribution in [0.25, 0.3) is 0 Å². The minimum absolute atomic E-state index is 0.186. The van der Waals surface area contributed by atoms with Crippen LogP contribution in [0.4, 0.5) is 0 Å². The fourth-order valence-corrected chi connectivity index (χ4v) is 1.66. The molecule has 1 heterocycles. The van der Waals surface area contributed by atoms with Gasteiger partial charge in [-0.2, -0.15) is 5.26 Å². The number of amides is 1. The van der Waals surface area contributed by atoms with Crippen LogP contribution in [0.3, 0.4) is 0 Å². The van der Waals surface area contributed by atoms with Crippen LogP contribution in [0, 0.1) is 17.2 Å². The summed E-state index contributed by atoms with van der Waals surface area (Å²) in [5, 5.41) is 8.79. The lowest BCUT2D eigenvalue weighted by molar-refractivity contribution is 0.0733. The summed E-state index contributed by atoms with van der Waals surface area (Å²) in [5.74, 6) is 0.0775. The fraction of sp³-hybridized carbons (Fsp3) is 0.500. The average molecular weight is 267 g/mol. The van der Waals surface area contributed by atoms with E-state index in [9.17, 15) is 4.79 Å². The Morgan fingerprint density at radius 2 is 2.28 bits per heavy atom. The lowest BCUT2D eigenvalue weighted by atomic mass is 10.2. The standard InChI is InChI=1S/C12H15ClN4O/c1-9(2)8-17(5-3-4-14)12(18)10-6-15-7-11(13)16-10/h6-7,9H,3,5,8H2,1-2H3. The number of rotatable bonds is 5. The summed E-state index contributed by atoms with van der Waals surface area (Å²) in [4.78, 5) is 21.6. The first-order valence-corrected chi connectivity index (χ1v) is 6.06. The van der Waals surface area contributed by atoms with Gasteiger partial charge in [-0.1, -0.05) is 25.4 Å². The van der Waals surface area contributed by atoms with Crippen molar-refractivity contribution in [3.05, 3.63) is 23.2 Å². The van der Waals surface area contributed by atoms with E-state index in [4.69, 9.17) is 16.9 Å². The molecule has 1 rings (SSSR count). The Balaban J connectivity index is 2.84. The van der Waals surface area contributed by atoms with E-state index in [0.717, 1.165) is 0 Å². The van der Waals surface area contributed by atoms with Gasteiger partial charge in [0.2, 0.25) is 0 Å². The Bertz CT molecular complexity index is 456. The maximum atomic E-state index is 12.2. The van der Waals surface area contributed by atoms with Crippen molar-refractivity contribution >= 4 is 17.5 Å². The van der Waals surface area contributed by atoms with Gasteiger partial charge in [0.25, 0.3) is 5.91 Å². The summed E-state index contributed by atoms with van der Waals surface area (Å²) in [6, 6.07) is 2.03. The zero-order valence-corrected chi connectivity index (χ0v) is 11.2. The minimum Gasteiger partial charge on any atom is -0.336 e. The zero-order valence-electron chi connectivity index (χ0n) is 10.4. The predicted molar refractivity (Wildman–Crippen MR) is 68.0 cm³/mol. The molecule has 0 saturated carbocycles. The van der Waals surface area contributed by atoms with Crippen LogP contribution in [-0.2, 0) is 0 Å². The van der Waals surface area contributed by atoms with Crippen LogP contribution >= 0.6 is 11.6 Å². The van der Waals surface area contributed by atoms with E-state index >= 15 is 0 Å². The third-order valence-electron chi connectivity index (χ3n) is 2.19. The minimum atomic E-state index is -0.242.